The first kappa shape index (κ1) is 12.9. The van der Waals surface area contributed by atoms with Crippen molar-refractivity contribution in [1.29, 1.82) is 5.26 Å². The fourth-order valence-electron chi connectivity index (χ4n) is 2.08. The highest BCUT2D eigenvalue weighted by Crippen LogP contribution is 2.23. The molecule has 3 rings (SSSR count). The van der Waals surface area contributed by atoms with Crippen LogP contribution < -0.4 is 10.2 Å². The van der Waals surface area contributed by atoms with Crippen LogP contribution in [0.2, 0.25) is 0 Å². The number of fused-ring (bicyclic) bond motifs is 1. The van der Waals surface area contributed by atoms with Crippen molar-refractivity contribution in [3.63, 3.8) is 0 Å². The maximum absolute atomic E-state index is 12.2. The zero-order chi connectivity index (χ0) is 14.7. The number of benzene rings is 2. The Morgan fingerprint density at radius 2 is 1.90 bits per heavy atom. The topological polar surface area (TPSA) is 63.2 Å². The number of rotatable bonds is 3. The second-order valence-corrected chi connectivity index (χ2v) is 4.49. The van der Waals surface area contributed by atoms with Crippen LogP contribution in [0, 0.1) is 11.3 Å². The summed E-state index contributed by atoms with van der Waals surface area (Å²) in [5.74, 6) is 0.419. The van der Waals surface area contributed by atoms with Gasteiger partial charge in [0.05, 0.1) is 0 Å². The lowest BCUT2D eigenvalue weighted by Gasteiger charge is -2.08. The van der Waals surface area contributed by atoms with Gasteiger partial charge in [0.15, 0.2) is 0 Å². The molecular formula is C17H11NO3. The zero-order valence-electron chi connectivity index (χ0n) is 11.1. The molecule has 0 fully saturated rings. The van der Waals surface area contributed by atoms with Gasteiger partial charge in [0, 0.05) is 0 Å². The van der Waals surface area contributed by atoms with Gasteiger partial charge in [-0.05, 0) is 17.7 Å². The summed E-state index contributed by atoms with van der Waals surface area (Å²) in [5.41, 5.74) is 1.00. The maximum Gasteiger partial charge on any atom is 0.214 e. The van der Waals surface area contributed by atoms with Crippen LogP contribution >= 0.6 is 0 Å². The van der Waals surface area contributed by atoms with Gasteiger partial charge in [-0.1, -0.05) is 36.4 Å². The molecule has 1 aromatic heterocycles. The van der Waals surface area contributed by atoms with Crippen molar-refractivity contribution in [2.24, 2.45) is 0 Å². The van der Waals surface area contributed by atoms with E-state index in [0.717, 1.165) is 5.56 Å². The predicted molar refractivity (Wildman–Crippen MR) is 78.0 cm³/mol. The van der Waals surface area contributed by atoms with Gasteiger partial charge in [-0.3, -0.25) is 4.79 Å². The number of hydrogen-bond donors (Lipinski definition) is 0. The molecule has 0 spiro atoms. The van der Waals surface area contributed by atoms with Crippen LogP contribution in [0.1, 0.15) is 11.1 Å². The molecule has 0 aliphatic heterocycles. The van der Waals surface area contributed by atoms with E-state index in [4.69, 9.17) is 14.4 Å². The van der Waals surface area contributed by atoms with Gasteiger partial charge >= 0.3 is 0 Å². The quantitative estimate of drug-likeness (QED) is 0.737. The van der Waals surface area contributed by atoms with Crippen molar-refractivity contribution < 1.29 is 9.15 Å². The fraction of sp³-hybridized carbons (Fsp3) is 0.0588. The molecule has 0 bridgehead atoms. The summed E-state index contributed by atoms with van der Waals surface area (Å²) in [7, 11) is 0. The van der Waals surface area contributed by atoms with Crippen LogP contribution in [-0.2, 0) is 6.61 Å². The Labute approximate surface area is 120 Å². The van der Waals surface area contributed by atoms with Gasteiger partial charge in [-0.25, -0.2) is 0 Å². The van der Waals surface area contributed by atoms with Gasteiger partial charge in [0.2, 0.25) is 5.43 Å². The minimum Gasteiger partial charge on any atom is -0.488 e. The molecule has 0 aliphatic rings. The normalized spacial score (nSPS) is 10.2. The van der Waals surface area contributed by atoms with Crippen LogP contribution in [0.25, 0.3) is 11.0 Å². The van der Waals surface area contributed by atoms with E-state index < -0.39 is 0 Å². The van der Waals surface area contributed by atoms with Crippen molar-refractivity contribution >= 4 is 11.0 Å². The molecule has 0 radical (unpaired) electrons. The fourth-order valence-corrected chi connectivity index (χ4v) is 2.08. The van der Waals surface area contributed by atoms with Gasteiger partial charge in [0.1, 0.15) is 41.2 Å². The minimum atomic E-state index is -0.373. The zero-order valence-corrected chi connectivity index (χ0v) is 11.1. The van der Waals surface area contributed by atoms with Crippen LogP contribution in [0.4, 0.5) is 0 Å². The molecule has 0 atom stereocenters. The highest BCUT2D eigenvalue weighted by molar-refractivity contribution is 5.84. The Morgan fingerprint density at radius 3 is 2.67 bits per heavy atom. The Kier molecular flexibility index (Phi) is 3.40. The molecule has 1 heterocycles. The third-order valence-electron chi connectivity index (χ3n) is 3.12. The Bertz CT molecular complexity index is 876. The molecule has 3 aromatic rings. The lowest BCUT2D eigenvalue weighted by Crippen LogP contribution is -2.07. The minimum absolute atomic E-state index is 0.0294. The SMILES string of the molecule is N#Cc1coc2cccc(OCc3ccccc3)c2c1=O. The number of nitriles is 1. The molecule has 2 aromatic carbocycles. The van der Waals surface area contributed by atoms with Gasteiger partial charge in [-0.2, -0.15) is 5.26 Å². The van der Waals surface area contributed by atoms with Crippen LogP contribution in [0.5, 0.6) is 5.75 Å². The van der Waals surface area contributed by atoms with Crippen LogP contribution in [0.3, 0.4) is 0 Å². The summed E-state index contributed by atoms with van der Waals surface area (Å²) in [5, 5.41) is 9.22. The summed E-state index contributed by atoms with van der Waals surface area (Å²) >= 11 is 0. The number of nitrogens with zero attached hydrogens (tertiary/aromatic N) is 1. The van der Waals surface area contributed by atoms with Crippen molar-refractivity contribution in [2.45, 2.75) is 6.61 Å². The van der Waals surface area contributed by atoms with Crippen molar-refractivity contribution in [1.82, 2.24) is 0 Å². The molecule has 0 N–H and O–H groups in total. The first-order valence-corrected chi connectivity index (χ1v) is 6.41. The third-order valence-corrected chi connectivity index (χ3v) is 3.12. The average Bonchev–Trinajstić information content (AvgIpc) is 2.54. The van der Waals surface area contributed by atoms with E-state index in [9.17, 15) is 4.79 Å². The molecule has 0 unspecified atom stereocenters. The molecular weight excluding hydrogens is 266 g/mol. The van der Waals surface area contributed by atoms with Crippen LogP contribution in [-0.4, -0.2) is 0 Å². The van der Waals surface area contributed by atoms with E-state index in [2.05, 4.69) is 0 Å². The van der Waals surface area contributed by atoms with Crippen molar-refractivity contribution in [3.8, 4) is 11.8 Å². The molecule has 0 aliphatic carbocycles. The van der Waals surface area contributed by atoms with E-state index in [0.29, 0.717) is 23.3 Å². The number of ether oxygens (including phenoxy) is 1. The predicted octanol–water partition coefficient (Wildman–Crippen LogP) is 3.24. The second kappa shape index (κ2) is 5.51. The molecule has 102 valence electrons. The van der Waals surface area contributed by atoms with E-state index in [-0.39, 0.29) is 11.0 Å². The van der Waals surface area contributed by atoms with E-state index >= 15 is 0 Å². The van der Waals surface area contributed by atoms with Crippen molar-refractivity contribution in [2.75, 3.05) is 0 Å². The van der Waals surface area contributed by atoms with E-state index in [1.54, 1.807) is 18.2 Å². The lowest BCUT2D eigenvalue weighted by atomic mass is 10.1. The number of hydrogen-bond acceptors (Lipinski definition) is 4. The summed E-state index contributed by atoms with van der Waals surface area (Å²) < 4.78 is 11.0. The molecule has 21 heavy (non-hydrogen) atoms. The Morgan fingerprint density at radius 1 is 1.10 bits per heavy atom. The van der Waals surface area contributed by atoms with Gasteiger partial charge < -0.3 is 9.15 Å². The smallest absolute Gasteiger partial charge is 0.214 e. The van der Waals surface area contributed by atoms with E-state index in [1.165, 1.54) is 6.26 Å². The lowest BCUT2D eigenvalue weighted by molar-refractivity contribution is 0.309. The van der Waals surface area contributed by atoms with Gasteiger partial charge in [-0.15, -0.1) is 0 Å². The molecule has 0 saturated carbocycles. The average molecular weight is 277 g/mol. The standard InChI is InChI=1S/C17H11NO3/c18-9-13-11-21-15-8-4-7-14(16(15)17(13)19)20-10-12-5-2-1-3-6-12/h1-8,11H,10H2. The summed E-state index contributed by atoms with van der Waals surface area (Å²) in [4.78, 5) is 12.2. The summed E-state index contributed by atoms with van der Waals surface area (Å²) in [6.07, 6.45) is 1.17. The largest absolute Gasteiger partial charge is 0.488 e. The van der Waals surface area contributed by atoms with Gasteiger partial charge in [0.25, 0.3) is 0 Å². The molecule has 4 heteroatoms. The summed E-state index contributed by atoms with van der Waals surface area (Å²) in [6, 6.07) is 16.6. The molecule has 0 saturated heterocycles. The first-order valence-electron chi connectivity index (χ1n) is 6.41. The van der Waals surface area contributed by atoms with Crippen molar-refractivity contribution in [3.05, 3.63) is 76.1 Å². The highest BCUT2D eigenvalue weighted by atomic mass is 16.5. The Hall–Kier alpha value is -3.06. The van der Waals surface area contributed by atoms with E-state index in [1.807, 2.05) is 36.4 Å². The first-order chi connectivity index (χ1) is 10.3. The summed E-state index contributed by atoms with van der Waals surface area (Å²) in [6.45, 7) is 0.343. The monoisotopic (exact) mass is 277 g/mol. The second-order valence-electron chi connectivity index (χ2n) is 4.49. The Balaban J connectivity index is 2.03. The molecule has 0 amide bonds. The molecule has 4 nitrogen and oxygen atoms in total. The third kappa shape index (κ3) is 2.49. The maximum atomic E-state index is 12.2. The highest BCUT2D eigenvalue weighted by Gasteiger charge is 2.11. The van der Waals surface area contributed by atoms with Crippen LogP contribution in [0.15, 0.2) is 64.0 Å².